The number of carboxylic acids is 2. The number of carboxylic acid groups (broad SMARTS) is 2. The molecule has 0 bridgehead atoms. The second-order valence-electron chi connectivity index (χ2n) is 10.0. The number of amides is 2. The lowest BCUT2D eigenvalue weighted by molar-refractivity contribution is -0.138. The largest absolute Gasteiger partial charge is 0.481 e. The molecule has 3 aromatic carbocycles. The van der Waals surface area contributed by atoms with Gasteiger partial charge < -0.3 is 26.6 Å². The summed E-state index contributed by atoms with van der Waals surface area (Å²) in [4.78, 5) is 49.6. The molecule has 0 aromatic heterocycles. The van der Waals surface area contributed by atoms with Gasteiger partial charge in [-0.15, -0.1) is 0 Å². The smallest absolute Gasteiger partial charge is 0.336 e. The highest BCUT2D eigenvalue weighted by atomic mass is 16.4. The van der Waals surface area contributed by atoms with Crippen LogP contribution in [0.1, 0.15) is 63.8 Å². The minimum Gasteiger partial charge on any atom is -0.481 e. The van der Waals surface area contributed by atoms with Gasteiger partial charge in [-0.05, 0) is 59.0 Å². The SMILES string of the molecule is CC(C)(C)[C@@H](CC(=O)O)NC(=O)c1ccc(-c2ccccc2C(=O)Nc2ccc(C(=N)N)cc2)c(C(=O)O)c1. The summed E-state index contributed by atoms with van der Waals surface area (Å²) in [6.45, 7) is 5.39. The summed E-state index contributed by atoms with van der Waals surface area (Å²) >= 11 is 0. The Morgan fingerprint density at radius 1 is 0.846 bits per heavy atom. The van der Waals surface area contributed by atoms with Gasteiger partial charge in [-0.2, -0.15) is 0 Å². The Labute approximate surface area is 225 Å². The molecule has 0 radical (unpaired) electrons. The van der Waals surface area contributed by atoms with Crippen LogP contribution in [-0.4, -0.2) is 45.8 Å². The van der Waals surface area contributed by atoms with Crippen molar-refractivity contribution < 1.29 is 29.4 Å². The number of rotatable bonds is 9. The van der Waals surface area contributed by atoms with E-state index in [1.165, 1.54) is 18.2 Å². The van der Waals surface area contributed by atoms with Crippen molar-refractivity contribution >= 4 is 35.3 Å². The van der Waals surface area contributed by atoms with Crippen LogP contribution in [0.15, 0.2) is 66.7 Å². The Kier molecular flexibility index (Phi) is 8.50. The number of carbonyl (C=O) groups excluding carboxylic acids is 2. The first-order chi connectivity index (χ1) is 18.3. The highest BCUT2D eigenvalue weighted by Gasteiger charge is 2.29. The average molecular weight is 531 g/mol. The van der Waals surface area contributed by atoms with Gasteiger partial charge in [-0.3, -0.25) is 19.8 Å². The number of carbonyl (C=O) groups is 4. The molecule has 1 atom stereocenters. The van der Waals surface area contributed by atoms with E-state index in [1.54, 1.807) is 69.3 Å². The average Bonchev–Trinajstić information content (AvgIpc) is 2.87. The van der Waals surface area contributed by atoms with E-state index in [1.807, 2.05) is 0 Å². The van der Waals surface area contributed by atoms with E-state index in [0.29, 0.717) is 16.8 Å². The molecule has 39 heavy (non-hydrogen) atoms. The van der Waals surface area contributed by atoms with E-state index < -0.39 is 35.2 Å². The lowest BCUT2D eigenvalue weighted by atomic mass is 9.84. The van der Waals surface area contributed by atoms with Crippen LogP contribution in [0.25, 0.3) is 11.1 Å². The second-order valence-corrected chi connectivity index (χ2v) is 10.0. The summed E-state index contributed by atoms with van der Waals surface area (Å²) in [6, 6.07) is 16.3. The molecule has 3 aromatic rings. The zero-order chi connectivity index (χ0) is 28.9. The fourth-order valence-corrected chi connectivity index (χ4v) is 3.93. The van der Waals surface area contributed by atoms with Crippen molar-refractivity contribution in [1.29, 1.82) is 5.41 Å². The minimum absolute atomic E-state index is 0.0447. The van der Waals surface area contributed by atoms with Gasteiger partial charge in [-0.25, -0.2) is 4.79 Å². The third-order valence-electron chi connectivity index (χ3n) is 6.16. The quantitative estimate of drug-likeness (QED) is 0.177. The van der Waals surface area contributed by atoms with E-state index in [9.17, 15) is 29.4 Å². The van der Waals surface area contributed by atoms with Crippen molar-refractivity contribution in [3.63, 3.8) is 0 Å². The molecule has 0 spiro atoms. The highest BCUT2D eigenvalue weighted by molar-refractivity contribution is 6.11. The molecule has 7 N–H and O–H groups in total. The number of hydrogen-bond acceptors (Lipinski definition) is 5. The van der Waals surface area contributed by atoms with E-state index >= 15 is 0 Å². The van der Waals surface area contributed by atoms with Crippen LogP contribution in [0.5, 0.6) is 0 Å². The van der Waals surface area contributed by atoms with Gasteiger partial charge in [0.15, 0.2) is 0 Å². The minimum atomic E-state index is -1.30. The van der Waals surface area contributed by atoms with Crippen molar-refractivity contribution in [1.82, 2.24) is 5.32 Å². The van der Waals surface area contributed by atoms with Gasteiger partial charge in [0, 0.05) is 28.4 Å². The number of nitrogen functional groups attached to an aromatic ring is 1. The molecular weight excluding hydrogens is 500 g/mol. The van der Waals surface area contributed by atoms with Gasteiger partial charge in [-0.1, -0.05) is 45.0 Å². The van der Waals surface area contributed by atoms with Crippen LogP contribution in [0.3, 0.4) is 0 Å². The number of amidine groups is 1. The Morgan fingerprint density at radius 3 is 2.00 bits per heavy atom. The molecule has 10 nitrogen and oxygen atoms in total. The van der Waals surface area contributed by atoms with E-state index in [2.05, 4.69) is 10.6 Å². The van der Waals surface area contributed by atoms with Gasteiger partial charge in [0.1, 0.15) is 5.84 Å². The van der Waals surface area contributed by atoms with Gasteiger partial charge in [0.2, 0.25) is 0 Å². The lowest BCUT2D eigenvalue weighted by Gasteiger charge is -2.30. The Balaban J connectivity index is 1.95. The maximum absolute atomic E-state index is 13.1. The van der Waals surface area contributed by atoms with Gasteiger partial charge >= 0.3 is 11.9 Å². The topological polar surface area (TPSA) is 183 Å². The summed E-state index contributed by atoms with van der Waals surface area (Å²) in [5.74, 6) is -3.56. The fourth-order valence-electron chi connectivity index (χ4n) is 3.93. The number of nitrogens with two attached hydrogens (primary N) is 1. The maximum Gasteiger partial charge on any atom is 0.336 e. The lowest BCUT2D eigenvalue weighted by Crippen LogP contribution is -2.45. The molecule has 202 valence electrons. The predicted molar refractivity (Wildman–Crippen MR) is 147 cm³/mol. The molecule has 2 amide bonds. The molecule has 0 aliphatic carbocycles. The number of nitrogens with one attached hydrogen (secondary N) is 3. The normalized spacial score (nSPS) is 11.8. The third kappa shape index (κ3) is 7.07. The first-order valence-corrected chi connectivity index (χ1v) is 12.0. The maximum atomic E-state index is 13.1. The second kappa shape index (κ2) is 11.6. The molecule has 10 heteroatoms. The monoisotopic (exact) mass is 530 g/mol. The van der Waals surface area contributed by atoms with Crippen LogP contribution in [-0.2, 0) is 4.79 Å². The zero-order valence-corrected chi connectivity index (χ0v) is 21.7. The van der Waals surface area contributed by atoms with E-state index in [-0.39, 0.29) is 34.5 Å². The molecule has 0 aliphatic rings. The van der Waals surface area contributed by atoms with Crippen molar-refractivity contribution in [3.05, 3.63) is 89.0 Å². The summed E-state index contributed by atoms with van der Waals surface area (Å²) in [5, 5.41) is 32.1. The first kappa shape index (κ1) is 28.6. The van der Waals surface area contributed by atoms with Gasteiger partial charge in [0.05, 0.1) is 12.0 Å². The van der Waals surface area contributed by atoms with Crippen molar-refractivity contribution in [2.75, 3.05) is 5.32 Å². The van der Waals surface area contributed by atoms with Gasteiger partial charge in [0.25, 0.3) is 11.8 Å². The van der Waals surface area contributed by atoms with Crippen LogP contribution in [0.2, 0.25) is 0 Å². The van der Waals surface area contributed by atoms with Crippen LogP contribution in [0.4, 0.5) is 5.69 Å². The number of benzene rings is 3. The summed E-state index contributed by atoms with van der Waals surface area (Å²) in [7, 11) is 0. The molecule has 3 rings (SSSR count). The Hall–Kier alpha value is -4.99. The Bertz CT molecular complexity index is 1440. The van der Waals surface area contributed by atoms with E-state index in [4.69, 9.17) is 11.1 Å². The van der Waals surface area contributed by atoms with Crippen molar-refractivity contribution in [2.45, 2.75) is 33.2 Å². The number of anilines is 1. The number of aliphatic carboxylic acids is 1. The van der Waals surface area contributed by atoms with Crippen molar-refractivity contribution in [3.8, 4) is 11.1 Å². The molecule has 0 heterocycles. The molecule has 0 aliphatic heterocycles. The number of aromatic carboxylic acids is 1. The standard InChI is InChI=1S/C29H30N4O6/c1-29(2,3)23(15-24(34)35)33-26(36)17-10-13-20(22(14-17)28(38)39)19-6-4-5-7-21(19)27(37)32-18-11-8-16(9-12-18)25(30)31/h4-14,23H,15H2,1-3H3,(H3,30,31)(H,32,37)(H,33,36)(H,34,35)(H,38,39)/t23-/m1/s1. The summed E-state index contributed by atoms with van der Waals surface area (Å²) < 4.78 is 0. The third-order valence-corrected chi connectivity index (χ3v) is 6.16. The van der Waals surface area contributed by atoms with Crippen LogP contribution < -0.4 is 16.4 Å². The zero-order valence-electron chi connectivity index (χ0n) is 21.7. The summed E-state index contributed by atoms with van der Waals surface area (Å²) in [6.07, 6.45) is -0.293. The van der Waals surface area contributed by atoms with Crippen LogP contribution >= 0.6 is 0 Å². The Morgan fingerprint density at radius 2 is 1.44 bits per heavy atom. The summed E-state index contributed by atoms with van der Waals surface area (Å²) in [5.41, 5.74) is 6.51. The number of hydrogen-bond donors (Lipinski definition) is 6. The molecule has 0 saturated carbocycles. The van der Waals surface area contributed by atoms with E-state index in [0.717, 1.165) is 0 Å². The fraction of sp³-hybridized carbons (Fsp3) is 0.207. The van der Waals surface area contributed by atoms with Crippen LogP contribution in [0, 0.1) is 10.8 Å². The molecular formula is C29H30N4O6. The molecule has 0 saturated heterocycles. The highest BCUT2D eigenvalue weighted by Crippen LogP contribution is 2.30. The first-order valence-electron chi connectivity index (χ1n) is 12.0. The molecule has 0 unspecified atom stereocenters. The molecule has 0 fully saturated rings. The predicted octanol–water partition coefficient (Wildman–Crippen LogP) is 4.21. The van der Waals surface area contributed by atoms with Crippen molar-refractivity contribution in [2.24, 2.45) is 11.1 Å².